The summed E-state index contributed by atoms with van der Waals surface area (Å²) in [6, 6.07) is 42.1. The maximum atomic E-state index is 5.46. The van der Waals surface area contributed by atoms with Crippen molar-refractivity contribution in [1.82, 2.24) is 14.5 Å². The molecule has 0 radical (unpaired) electrons. The largest absolute Gasteiger partial charge is 0.278 e. The van der Waals surface area contributed by atoms with Gasteiger partial charge in [0, 0.05) is 27.1 Å². The van der Waals surface area contributed by atoms with Crippen LogP contribution in [-0.4, -0.2) is 14.5 Å². The van der Waals surface area contributed by atoms with E-state index < -0.39 is 0 Å². The molecule has 0 saturated heterocycles. The molecule has 10 rings (SSSR count). The Balaban J connectivity index is 1.32. The third kappa shape index (κ3) is 3.43. The molecule has 46 heavy (non-hydrogen) atoms. The number of hydrogen-bond donors (Lipinski definition) is 0. The Morgan fingerprint density at radius 3 is 2.37 bits per heavy atom. The number of benzene rings is 6. The molecule has 0 amide bonds. The van der Waals surface area contributed by atoms with Crippen molar-refractivity contribution in [2.45, 2.75) is 32.1 Å². The maximum absolute atomic E-state index is 5.46. The summed E-state index contributed by atoms with van der Waals surface area (Å²) in [4.78, 5) is 10.7. The molecule has 0 spiro atoms. The van der Waals surface area contributed by atoms with E-state index >= 15 is 0 Å². The Hall–Kier alpha value is -5.54. The van der Waals surface area contributed by atoms with Gasteiger partial charge in [0.2, 0.25) is 5.95 Å². The summed E-state index contributed by atoms with van der Waals surface area (Å²) < 4.78 is 2.29. The van der Waals surface area contributed by atoms with Gasteiger partial charge in [0.15, 0.2) is 0 Å². The highest BCUT2D eigenvalue weighted by molar-refractivity contribution is 6.16. The van der Waals surface area contributed by atoms with Gasteiger partial charge in [0.25, 0.3) is 0 Å². The van der Waals surface area contributed by atoms with Crippen LogP contribution >= 0.6 is 0 Å². The van der Waals surface area contributed by atoms with Crippen molar-refractivity contribution in [1.29, 1.82) is 0 Å². The van der Waals surface area contributed by atoms with Crippen LogP contribution in [0, 0.1) is 0 Å². The van der Waals surface area contributed by atoms with Crippen LogP contribution in [-0.2, 0) is 11.8 Å². The first-order valence-electron chi connectivity index (χ1n) is 16.2. The predicted octanol–water partition coefficient (Wildman–Crippen LogP) is 10.8. The van der Waals surface area contributed by atoms with E-state index in [4.69, 9.17) is 9.97 Å². The van der Waals surface area contributed by atoms with Gasteiger partial charge in [-0.05, 0) is 81.3 Å². The molecule has 0 bridgehead atoms. The van der Waals surface area contributed by atoms with E-state index in [2.05, 4.69) is 146 Å². The molecule has 0 unspecified atom stereocenters. The number of rotatable bonds is 2. The average Bonchev–Trinajstić information content (AvgIpc) is 3.54. The van der Waals surface area contributed by atoms with Crippen molar-refractivity contribution in [2.75, 3.05) is 0 Å². The lowest BCUT2D eigenvalue weighted by Gasteiger charge is -2.21. The molecular weight excluding hydrogens is 558 g/mol. The first-order valence-corrected chi connectivity index (χ1v) is 16.2. The fourth-order valence-electron chi connectivity index (χ4n) is 8.27. The Morgan fingerprint density at radius 2 is 1.43 bits per heavy atom. The number of nitrogens with zero attached hydrogens (tertiary/aromatic N) is 3. The Bertz CT molecular complexity index is 2620. The highest BCUT2D eigenvalue weighted by Crippen LogP contribution is 2.52. The Kier molecular flexibility index (Phi) is 5.18. The zero-order valence-corrected chi connectivity index (χ0v) is 25.9. The first kappa shape index (κ1) is 25.8. The van der Waals surface area contributed by atoms with E-state index in [9.17, 15) is 0 Å². The van der Waals surface area contributed by atoms with Crippen LogP contribution in [0.15, 0.2) is 121 Å². The second kappa shape index (κ2) is 9.24. The molecule has 0 aliphatic heterocycles. The number of fused-ring (bicyclic) bond motifs is 10. The molecule has 0 atom stereocenters. The van der Waals surface area contributed by atoms with Crippen molar-refractivity contribution < 1.29 is 0 Å². The number of para-hydroxylation sites is 2. The van der Waals surface area contributed by atoms with E-state index in [1.54, 1.807) is 0 Å². The van der Waals surface area contributed by atoms with E-state index in [1.165, 1.54) is 60.5 Å². The summed E-state index contributed by atoms with van der Waals surface area (Å²) in [6.45, 7) is 4.70. The summed E-state index contributed by atoms with van der Waals surface area (Å²) >= 11 is 0. The SMILES string of the molecule is CC1(C)c2ccccc2-c2c1ccc1cc3c4ccccc4n(-c4nc(-c5cccc6c5CCC=C6)c5ccccc5n4)c3cc21. The lowest BCUT2D eigenvalue weighted by Crippen LogP contribution is -2.14. The van der Waals surface area contributed by atoms with Crippen molar-refractivity contribution in [2.24, 2.45) is 0 Å². The molecule has 2 heterocycles. The highest BCUT2D eigenvalue weighted by atomic mass is 15.2. The molecule has 6 aromatic carbocycles. The van der Waals surface area contributed by atoms with Crippen LogP contribution in [0.4, 0.5) is 0 Å². The van der Waals surface area contributed by atoms with Gasteiger partial charge in [-0.15, -0.1) is 0 Å². The molecule has 2 aromatic heterocycles. The number of hydrogen-bond acceptors (Lipinski definition) is 2. The van der Waals surface area contributed by atoms with E-state index in [-0.39, 0.29) is 5.41 Å². The minimum Gasteiger partial charge on any atom is -0.278 e. The van der Waals surface area contributed by atoms with Gasteiger partial charge in [-0.2, -0.15) is 0 Å². The molecule has 0 fully saturated rings. The van der Waals surface area contributed by atoms with Crippen molar-refractivity contribution in [3.63, 3.8) is 0 Å². The van der Waals surface area contributed by atoms with Crippen LogP contribution in [0.2, 0.25) is 0 Å². The fourth-order valence-corrected chi connectivity index (χ4v) is 8.27. The number of aromatic nitrogens is 3. The third-order valence-corrected chi connectivity index (χ3v) is 10.5. The quantitative estimate of drug-likeness (QED) is 0.201. The smallest absolute Gasteiger partial charge is 0.235 e. The summed E-state index contributed by atoms with van der Waals surface area (Å²) in [5.41, 5.74) is 13.4. The monoisotopic (exact) mass is 589 g/mol. The zero-order valence-electron chi connectivity index (χ0n) is 25.9. The van der Waals surface area contributed by atoms with Gasteiger partial charge in [-0.25, -0.2) is 9.97 Å². The maximum Gasteiger partial charge on any atom is 0.235 e. The summed E-state index contributed by atoms with van der Waals surface area (Å²) in [7, 11) is 0. The lowest BCUT2D eigenvalue weighted by atomic mass is 9.82. The van der Waals surface area contributed by atoms with Crippen LogP contribution in [0.25, 0.3) is 77.9 Å². The van der Waals surface area contributed by atoms with Crippen LogP contribution in [0.3, 0.4) is 0 Å². The normalized spacial score (nSPS) is 14.7. The van der Waals surface area contributed by atoms with E-state index in [1.807, 2.05) is 0 Å². The molecule has 0 N–H and O–H groups in total. The van der Waals surface area contributed by atoms with E-state index in [0.717, 1.165) is 40.5 Å². The molecular formula is C43H31N3. The lowest BCUT2D eigenvalue weighted by molar-refractivity contribution is 0.661. The molecule has 3 heteroatoms. The molecule has 0 saturated carbocycles. The topological polar surface area (TPSA) is 30.7 Å². The van der Waals surface area contributed by atoms with Gasteiger partial charge in [-0.1, -0.05) is 117 Å². The molecule has 2 aliphatic rings. The van der Waals surface area contributed by atoms with E-state index in [0.29, 0.717) is 5.95 Å². The standard InChI is InChI=1S/C43H31N3/c1-43(2)35-19-8-5-16-31(35)40-33-25-39-34(24-27(33)22-23-36(40)43)29-15-7-10-21-38(29)46(39)42-44-37-20-9-6-17-32(37)41(45-42)30-18-11-13-26-12-3-4-14-28(26)30/h3,5-13,15-25H,4,14H2,1-2H3. The Labute approximate surface area is 267 Å². The van der Waals surface area contributed by atoms with Crippen LogP contribution in [0.5, 0.6) is 0 Å². The minimum absolute atomic E-state index is 0.0534. The second-order valence-electron chi connectivity index (χ2n) is 13.3. The zero-order chi connectivity index (χ0) is 30.6. The summed E-state index contributed by atoms with van der Waals surface area (Å²) in [5.74, 6) is 0.705. The van der Waals surface area contributed by atoms with Gasteiger partial charge in [-0.3, -0.25) is 4.57 Å². The Morgan fingerprint density at radius 1 is 0.630 bits per heavy atom. The van der Waals surface area contributed by atoms with Crippen LogP contribution < -0.4 is 0 Å². The first-order chi connectivity index (χ1) is 22.6. The summed E-state index contributed by atoms with van der Waals surface area (Å²) in [5, 5.41) is 6.04. The predicted molar refractivity (Wildman–Crippen MR) is 192 cm³/mol. The summed E-state index contributed by atoms with van der Waals surface area (Å²) in [6.07, 6.45) is 6.58. The van der Waals surface area contributed by atoms with Crippen molar-refractivity contribution in [3.05, 3.63) is 144 Å². The van der Waals surface area contributed by atoms with Gasteiger partial charge < -0.3 is 0 Å². The molecule has 3 nitrogen and oxygen atoms in total. The van der Waals surface area contributed by atoms with Gasteiger partial charge in [0.05, 0.1) is 22.2 Å². The molecule has 8 aromatic rings. The van der Waals surface area contributed by atoms with Crippen molar-refractivity contribution >= 4 is 49.6 Å². The molecule has 2 aliphatic carbocycles. The highest BCUT2D eigenvalue weighted by Gasteiger charge is 2.36. The third-order valence-electron chi connectivity index (χ3n) is 10.5. The average molecular weight is 590 g/mol. The van der Waals surface area contributed by atoms with Crippen molar-refractivity contribution in [3.8, 4) is 28.3 Å². The fraction of sp³-hybridized carbons (Fsp3) is 0.116. The van der Waals surface area contributed by atoms with Gasteiger partial charge >= 0.3 is 0 Å². The second-order valence-corrected chi connectivity index (χ2v) is 13.3. The van der Waals surface area contributed by atoms with Gasteiger partial charge in [0.1, 0.15) is 0 Å². The molecule has 218 valence electrons. The van der Waals surface area contributed by atoms with Crippen LogP contribution in [0.1, 0.15) is 42.5 Å². The number of allylic oxidation sites excluding steroid dienone is 1. The minimum atomic E-state index is -0.0534.